The van der Waals surface area contributed by atoms with Gasteiger partial charge >= 0.3 is 5.97 Å². The highest BCUT2D eigenvalue weighted by molar-refractivity contribution is 8.18. The zero-order valence-corrected chi connectivity index (χ0v) is 13.7. The predicted octanol–water partition coefficient (Wildman–Crippen LogP) is 1.63. The maximum atomic E-state index is 12.3. The first-order chi connectivity index (χ1) is 11.5. The Bertz CT molecular complexity index is 758. The Morgan fingerprint density at radius 1 is 1.29 bits per heavy atom. The first kappa shape index (κ1) is 16.2. The van der Waals surface area contributed by atoms with Crippen molar-refractivity contribution in [2.75, 3.05) is 27.6 Å². The number of ether oxygens (including phenoxy) is 4. The van der Waals surface area contributed by atoms with E-state index in [4.69, 9.17) is 14.2 Å². The van der Waals surface area contributed by atoms with Crippen molar-refractivity contribution in [2.24, 2.45) is 0 Å². The third-order valence-corrected chi connectivity index (χ3v) is 4.31. The molecule has 0 aliphatic carbocycles. The van der Waals surface area contributed by atoms with Crippen LogP contribution in [-0.4, -0.2) is 49.6 Å². The van der Waals surface area contributed by atoms with Gasteiger partial charge in [-0.1, -0.05) is 0 Å². The lowest BCUT2D eigenvalue weighted by atomic mass is 10.1. The van der Waals surface area contributed by atoms with E-state index in [2.05, 4.69) is 4.74 Å². The van der Waals surface area contributed by atoms with Crippen LogP contribution >= 0.6 is 11.8 Å². The lowest BCUT2D eigenvalue weighted by Gasteiger charge is -2.10. The van der Waals surface area contributed by atoms with Gasteiger partial charge in [-0.15, -0.1) is 0 Å². The number of carbonyl (C=O) groups excluding carboxylic acids is 3. The van der Waals surface area contributed by atoms with Crippen molar-refractivity contribution in [2.45, 2.75) is 0 Å². The maximum Gasteiger partial charge on any atom is 0.325 e. The van der Waals surface area contributed by atoms with Crippen molar-refractivity contribution in [1.82, 2.24) is 4.90 Å². The second kappa shape index (κ2) is 6.44. The van der Waals surface area contributed by atoms with E-state index in [1.165, 1.54) is 20.3 Å². The molecular weight excluding hydrogens is 338 g/mol. The molecule has 3 rings (SSSR count). The number of amides is 2. The largest absolute Gasteiger partial charge is 0.496 e. The van der Waals surface area contributed by atoms with E-state index in [0.29, 0.717) is 22.8 Å². The normalized spacial score (nSPS) is 17.6. The molecular formula is C15H13NO7S. The second-order valence-electron chi connectivity index (χ2n) is 4.79. The molecule has 1 aromatic rings. The molecule has 0 atom stereocenters. The van der Waals surface area contributed by atoms with Crippen molar-refractivity contribution < 1.29 is 33.3 Å². The summed E-state index contributed by atoms with van der Waals surface area (Å²) in [6, 6.07) is 3.31. The third-order valence-electron chi connectivity index (χ3n) is 3.40. The van der Waals surface area contributed by atoms with Gasteiger partial charge < -0.3 is 18.9 Å². The van der Waals surface area contributed by atoms with Gasteiger partial charge in [0.2, 0.25) is 6.79 Å². The third kappa shape index (κ3) is 2.90. The molecule has 1 fully saturated rings. The highest BCUT2D eigenvalue weighted by atomic mass is 32.2. The number of hydrogen-bond acceptors (Lipinski definition) is 8. The number of esters is 1. The summed E-state index contributed by atoms with van der Waals surface area (Å²) in [5.41, 5.74) is 0.560. The molecule has 9 heteroatoms. The number of benzene rings is 1. The van der Waals surface area contributed by atoms with Crippen LogP contribution in [0.1, 0.15) is 5.56 Å². The Kier molecular flexibility index (Phi) is 4.34. The highest BCUT2D eigenvalue weighted by Gasteiger charge is 2.36. The van der Waals surface area contributed by atoms with Crippen molar-refractivity contribution in [1.29, 1.82) is 0 Å². The Balaban J connectivity index is 1.91. The molecule has 24 heavy (non-hydrogen) atoms. The topological polar surface area (TPSA) is 91.4 Å². The van der Waals surface area contributed by atoms with E-state index in [1.54, 1.807) is 12.1 Å². The van der Waals surface area contributed by atoms with Crippen molar-refractivity contribution in [3.05, 3.63) is 22.6 Å². The number of imide groups is 1. The average Bonchev–Trinajstić information content (AvgIpc) is 3.13. The van der Waals surface area contributed by atoms with Crippen LogP contribution in [-0.2, 0) is 14.3 Å². The summed E-state index contributed by atoms with van der Waals surface area (Å²) < 4.78 is 20.3. The number of carbonyl (C=O) groups is 3. The van der Waals surface area contributed by atoms with Crippen LogP contribution in [0.2, 0.25) is 0 Å². The molecule has 0 N–H and O–H groups in total. The second-order valence-corrected chi connectivity index (χ2v) is 5.78. The molecule has 2 heterocycles. The van der Waals surface area contributed by atoms with Gasteiger partial charge in [0.15, 0.2) is 11.5 Å². The molecule has 1 aromatic carbocycles. The van der Waals surface area contributed by atoms with Gasteiger partial charge in [0.25, 0.3) is 11.1 Å². The Labute approximate surface area is 141 Å². The Morgan fingerprint density at radius 3 is 2.67 bits per heavy atom. The van der Waals surface area contributed by atoms with E-state index < -0.39 is 23.7 Å². The average molecular weight is 351 g/mol. The van der Waals surface area contributed by atoms with E-state index in [0.717, 1.165) is 16.7 Å². The van der Waals surface area contributed by atoms with Gasteiger partial charge in [0.1, 0.15) is 12.3 Å². The van der Waals surface area contributed by atoms with Gasteiger partial charge in [0.05, 0.1) is 19.1 Å². The first-order valence-electron chi connectivity index (χ1n) is 6.83. The summed E-state index contributed by atoms with van der Waals surface area (Å²) in [7, 11) is 2.67. The number of thioether (sulfide) groups is 1. The molecule has 0 aromatic heterocycles. The molecule has 126 valence electrons. The van der Waals surface area contributed by atoms with Gasteiger partial charge in [-0.3, -0.25) is 19.3 Å². The summed E-state index contributed by atoms with van der Waals surface area (Å²) in [6.45, 7) is -0.311. The molecule has 2 aliphatic rings. The van der Waals surface area contributed by atoms with Gasteiger partial charge in [0, 0.05) is 11.6 Å². The molecule has 2 amide bonds. The van der Waals surface area contributed by atoms with E-state index in [-0.39, 0.29) is 11.7 Å². The smallest absolute Gasteiger partial charge is 0.325 e. The fourth-order valence-electron chi connectivity index (χ4n) is 2.20. The number of methoxy groups -OCH3 is 2. The SMILES string of the molecule is COC(=O)CN1C(=O)S/C(=C\c2cc3c(cc2OC)OCO3)C1=O. The van der Waals surface area contributed by atoms with Crippen molar-refractivity contribution in [3.63, 3.8) is 0 Å². The quantitative estimate of drug-likeness (QED) is 0.597. The van der Waals surface area contributed by atoms with Crippen LogP contribution in [0, 0.1) is 0 Å². The zero-order valence-electron chi connectivity index (χ0n) is 12.9. The molecule has 0 unspecified atom stereocenters. The Morgan fingerprint density at radius 2 is 2.00 bits per heavy atom. The van der Waals surface area contributed by atoms with Gasteiger partial charge in [-0.2, -0.15) is 0 Å². The van der Waals surface area contributed by atoms with Crippen molar-refractivity contribution in [3.8, 4) is 17.2 Å². The minimum absolute atomic E-state index is 0.109. The Hall–Kier alpha value is -2.68. The predicted molar refractivity (Wildman–Crippen MR) is 83.8 cm³/mol. The number of rotatable bonds is 4. The first-order valence-corrected chi connectivity index (χ1v) is 7.65. The molecule has 0 radical (unpaired) electrons. The summed E-state index contributed by atoms with van der Waals surface area (Å²) in [5, 5.41) is -0.531. The molecule has 1 saturated heterocycles. The summed E-state index contributed by atoms with van der Waals surface area (Å²) >= 11 is 0.745. The standard InChI is InChI=1S/C15H13NO7S/c1-20-9-5-11-10(22-7-23-11)3-8(9)4-12-14(18)16(15(19)24-12)6-13(17)21-2/h3-5H,6-7H2,1-2H3/b12-4-. The molecule has 2 aliphatic heterocycles. The molecule has 0 spiro atoms. The maximum absolute atomic E-state index is 12.3. The fourth-order valence-corrected chi connectivity index (χ4v) is 3.03. The van der Waals surface area contributed by atoms with Crippen LogP contribution in [0.5, 0.6) is 17.2 Å². The lowest BCUT2D eigenvalue weighted by molar-refractivity contribution is -0.143. The van der Waals surface area contributed by atoms with Crippen LogP contribution in [0.25, 0.3) is 6.08 Å². The number of nitrogens with zero attached hydrogens (tertiary/aromatic N) is 1. The highest BCUT2D eigenvalue weighted by Crippen LogP contribution is 2.40. The molecule has 0 saturated carbocycles. The van der Waals surface area contributed by atoms with E-state index >= 15 is 0 Å². The fraction of sp³-hybridized carbons (Fsp3) is 0.267. The summed E-state index contributed by atoms with van der Waals surface area (Å²) in [5.74, 6) is 0.312. The van der Waals surface area contributed by atoms with Crippen LogP contribution in [0.3, 0.4) is 0 Å². The minimum atomic E-state index is -0.667. The zero-order chi connectivity index (χ0) is 17.3. The minimum Gasteiger partial charge on any atom is -0.496 e. The van der Waals surface area contributed by atoms with E-state index in [1.807, 2.05) is 0 Å². The van der Waals surface area contributed by atoms with Gasteiger partial charge in [-0.25, -0.2) is 0 Å². The molecule has 0 bridgehead atoms. The summed E-state index contributed by atoms with van der Waals surface area (Å²) in [6.07, 6.45) is 1.52. The lowest BCUT2D eigenvalue weighted by Crippen LogP contribution is -2.34. The number of fused-ring (bicyclic) bond motifs is 1. The van der Waals surface area contributed by atoms with Crippen molar-refractivity contribution >= 4 is 35.0 Å². The molecule has 8 nitrogen and oxygen atoms in total. The van der Waals surface area contributed by atoms with Gasteiger partial charge in [-0.05, 0) is 23.9 Å². The summed E-state index contributed by atoms with van der Waals surface area (Å²) in [4.78, 5) is 36.6. The van der Waals surface area contributed by atoms with Crippen LogP contribution in [0.4, 0.5) is 4.79 Å². The van der Waals surface area contributed by atoms with E-state index in [9.17, 15) is 14.4 Å². The number of hydrogen-bond donors (Lipinski definition) is 0. The monoisotopic (exact) mass is 351 g/mol. The van der Waals surface area contributed by atoms with Crippen LogP contribution < -0.4 is 14.2 Å². The van der Waals surface area contributed by atoms with Crippen LogP contribution in [0.15, 0.2) is 17.0 Å².